The molecule has 0 aliphatic heterocycles. The van der Waals surface area contributed by atoms with Gasteiger partial charge in [0.05, 0.1) is 0 Å². The van der Waals surface area contributed by atoms with E-state index in [1.54, 1.807) is 0 Å². The maximum absolute atomic E-state index is 11.8. The fraction of sp³-hybridized carbons (Fsp3) is 0.833. The Bertz CT molecular complexity index is 151. The molecule has 12 heavy (non-hydrogen) atoms. The lowest BCUT2D eigenvalue weighted by Crippen LogP contribution is -2.32. The van der Waals surface area contributed by atoms with Gasteiger partial charge in [-0.1, -0.05) is 0 Å². The van der Waals surface area contributed by atoms with Gasteiger partial charge in [0.2, 0.25) is 0 Å². The van der Waals surface area contributed by atoms with Crippen LogP contribution in [0.1, 0.15) is 6.92 Å². The third-order valence-electron chi connectivity index (χ3n) is 1.16. The van der Waals surface area contributed by atoms with E-state index in [1.165, 1.54) is 0 Å². The second kappa shape index (κ2) is 4.97. The van der Waals surface area contributed by atoms with Crippen molar-refractivity contribution in [1.29, 1.82) is 0 Å². The SMILES string of the molecule is CC(OC(CF)C(F)F)C(=O)O. The first-order valence-electron chi connectivity index (χ1n) is 3.21. The van der Waals surface area contributed by atoms with E-state index in [9.17, 15) is 18.0 Å². The van der Waals surface area contributed by atoms with E-state index in [-0.39, 0.29) is 0 Å². The molecule has 0 rings (SSSR count). The number of hydrogen-bond donors (Lipinski definition) is 1. The van der Waals surface area contributed by atoms with E-state index in [1.807, 2.05) is 0 Å². The van der Waals surface area contributed by atoms with Gasteiger partial charge in [0.25, 0.3) is 6.43 Å². The van der Waals surface area contributed by atoms with Crippen LogP contribution in [-0.4, -0.2) is 36.4 Å². The molecule has 0 saturated heterocycles. The molecule has 0 bridgehead atoms. The molecule has 0 heterocycles. The van der Waals surface area contributed by atoms with Gasteiger partial charge in [-0.05, 0) is 6.92 Å². The zero-order chi connectivity index (χ0) is 9.72. The Labute approximate surface area is 67.1 Å². The van der Waals surface area contributed by atoms with Gasteiger partial charge in [-0.2, -0.15) is 0 Å². The summed E-state index contributed by atoms with van der Waals surface area (Å²) in [6, 6.07) is 0. The van der Waals surface area contributed by atoms with Crippen molar-refractivity contribution in [1.82, 2.24) is 0 Å². The van der Waals surface area contributed by atoms with E-state index >= 15 is 0 Å². The number of hydrogen-bond acceptors (Lipinski definition) is 2. The van der Waals surface area contributed by atoms with Crippen LogP contribution in [0.3, 0.4) is 0 Å². The van der Waals surface area contributed by atoms with E-state index in [2.05, 4.69) is 4.74 Å². The van der Waals surface area contributed by atoms with Crippen LogP contribution in [-0.2, 0) is 9.53 Å². The van der Waals surface area contributed by atoms with E-state index in [0.717, 1.165) is 6.92 Å². The van der Waals surface area contributed by atoms with Crippen LogP contribution in [0.4, 0.5) is 13.2 Å². The van der Waals surface area contributed by atoms with Gasteiger partial charge >= 0.3 is 5.97 Å². The number of aliphatic carboxylic acids is 1. The van der Waals surface area contributed by atoms with Crippen molar-refractivity contribution in [2.24, 2.45) is 0 Å². The first-order valence-corrected chi connectivity index (χ1v) is 3.21. The van der Waals surface area contributed by atoms with Crippen molar-refractivity contribution in [3.63, 3.8) is 0 Å². The van der Waals surface area contributed by atoms with Crippen molar-refractivity contribution >= 4 is 5.97 Å². The summed E-state index contributed by atoms with van der Waals surface area (Å²) < 4.78 is 39.5. The molecule has 2 unspecified atom stereocenters. The predicted molar refractivity (Wildman–Crippen MR) is 33.9 cm³/mol. The molecule has 6 heteroatoms. The van der Waals surface area contributed by atoms with Gasteiger partial charge in [0.1, 0.15) is 12.8 Å². The van der Waals surface area contributed by atoms with Gasteiger partial charge in [0, 0.05) is 0 Å². The van der Waals surface area contributed by atoms with Gasteiger partial charge in [-0.25, -0.2) is 18.0 Å². The summed E-state index contributed by atoms with van der Waals surface area (Å²) >= 11 is 0. The lowest BCUT2D eigenvalue weighted by Gasteiger charge is -2.15. The third-order valence-corrected chi connectivity index (χ3v) is 1.16. The number of rotatable bonds is 5. The fourth-order valence-electron chi connectivity index (χ4n) is 0.484. The summed E-state index contributed by atoms with van der Waals surface area (Å²) in [5, 5.41) is 8.22. The minimum Gasteiger partial charge on any atom is -0.479 e. The molecule has 0 saturated carbocycles. The fourth-order valence-corrected chi connectivity index (χ4v) is 0.484. The maximum Gasteiger partial charge on any atom is 0.332 e. The zero-order valence-electron chi connectivity index (χ0n) is 6.34. The zero-order valence-corrected chi connectivity index (χ0v) is 6.34. The molecule has 0 spiro atoms. The van der Waals surface area contributed by atoms with Crippen molar-refractivity contribution in [2.45, 2.75) is 25.6 Å². The number of carboxylic acid groups (broad SMARTS) is 1. The molecule has 0 aliphatic rings. The molecular formula is C6H9F3O3. The Balaban J connectivity index is 3.93. The monoisotopic (exact) mass is 186 g/mol. The molecule has 2 atom stereocenters. The molecule has 1 N–H and O–H groups in total. The number of ether oxygens (including phenoxy) is 1. The van der Waals surface area contributed by atoms with Crippen molar-refractivity contribution in [3.8, 4) is 0 Å². The smallest absolute Gasteiger partial charge is 0.332 e. The number of carbonyl (C=O) groups is 1. The van der Waals surface area contributed by atoms with Crippen LogP contribution < -0.4 is 0 Å². The van der Waals surface area contributed by atoms with Gasteiger partial charge in [0.15, 0.2) is 6.10 Å². The second-order valence-corrected chi connectivity index (χ2v) is 2.14. The Morgan fingerprint density at radius 2 is 2.08 bits per heavy atom. The largest absolute Gasteiger partial charge is 0.479 e. The molecule has 3 nitrogen and oxygen atoms in total. The predicted octanol–water partition coefficient (Wildman–Crippen LogP) is 1.08. The molecule has 0 radical (unpaired) electrons. The first kappa shape index (κ1) is 11.2. The highest BCUT2D eigenvalue weighted by atomic mass is 19.3. The third kappa shape index (κ3) is 3.56. The lowest BCUT2D eigenvalue weighted by molar-refractivity contribution is -0.160. The number of carboxylic acids is 1. The highest BCUT2D eigenvalue weighted by Crippen LogP contribution is 2.09. The summed E-state index contributed by atoms with van der Waals surface area (Å²) in [5.41, 5.74) is 0. The summed E-state index contributed by atoms with van der Waals surface area (Å²) in [7, 11) is 0. The molecule has 72 valence electrons. The molecule has 0 aromatic heterocycles. The quantitative estimate of drug-likeness (QED) is 0.698. The highest BCUT2D eigenvalue weighted by molar-refractivity contribution is 5.71. The number of halogens is 3. The summed E-state index contributed by atoms with van der Waals surface area (Å²) in [6.45, 7) is -0.331. The average Bonchev–Trinajstić information content (AvgIpc) is 1.98. The van der Waals surface area contributed by atoms with Crippen molar-refractivity contribution < 1.29 is 27.8 Å². The van der Waals surface area contributed by atoms with Crippen LogP contribution in [0.15, 0.2) is 0 Å². The lowest BCUT2D eigenvalue weighted by atomic mass is 10.3. The van der Waals surface area contributed by atoms with E-state index in [0.29, 0.717) is 0 Å². The van der Waals surface area contributed by atoms with E-state index < -0.39 is 31.3 Å². The number of alkyl halides is 3. The highest BCUT2D eigenvalue weighted by Gasteiger charge is 2.25. The molecule has 0 aliphatic carbocycles. The minimum absolute atomic E-state index is 1.06. The Morgan fingerprint density at radius 1 is 1.58 bits per heavy atom. The second-order valence-electron chi connectivity index (χ2n) is 2.14. The molecular weight excluding hydrogens is 177 g/mol. The van der Waals surface area contributed by atoms with Gasteiger partial charge in [-0.15, -0.1) is 0 Å². The molecule has 0 fully saturated rings. The van der Waals surface area contributed by atoms with Crippen LogP contribution in [0.5, 0.6) is 0 Å². The normalized spacial score (nSPS) is 16.1. The average molecular weight is 186 g/mol. The molecule has 0 amide bonds. The Hall–Kier alpha value is -0.780. The summed E-state index contributed by atoms with van der Waals surface area (Å²) in [5.74, 6) is -1.39. The first-order chi connectivity index (χ1) is 5.49. The molecule has 0 aromatic rings. The van der Waals surface area contributed by atoms with Crippen molar-refractivity contribution in [3.05, 3.63) is 0 Å². The van der Waals surface area contributed by atoms with Crippen molar-refractivity contribution in [2.75, 3.05) is 6.67 Å². The summed E-state index contributed by atoms with van der Waals surface area (Å²) in [6.07, 6.45) is -6.37. The summed E-state index contributed by atoms with van der Waals surface area (Å²) in [4.78, 5) is 10.1. The Morgan fingerprint density at radius 3 is 2.33 bits per heavy atom. The van der Waals surface area contributed by atoms with Crippen LogP contribution >= 0.6 is 0 Å². The van der Waals surface area contributed by atoms with Gasteiger partial charge in [-0.3, -0.25) is 0 Å². The van der Waals surface area contributed by atoms with Crippen LogP contribution in [0, 0.1) is 0 Å². The van der Waals surface area contributed by atoms with E-state index in [4.69, 9.17) is 5.11 Å². The molecule has 0 aromatic carbocycles. The van der Waals surface area contributed by atoms with Crippen LogP contribution in [0.25, 0.3) is 0 Å². The minimum atomic E-state index is -3.00. The topological polar surface area (TPSA) is 46.5 Å². The van der Waals surface area contributed by atoms with Crippen LogP contribution in [0.2, 0.25) is 0 Å². The standard InChI is InChI=1S/C6H9F3O3/c1-3(6(10)11)12-4(2-7)5(8)9/h3-5H,2H2,1H3,(H,10,11). The van der Waals surface area contributed by atoms with Gasteiger partial charge < -0.3 is 9.84 Å². The Kier molecular flexibility index (Phi) is 4.65. The maximum atomic E-state index is 11.8.